The molecule has 2 rings (SSSR count). The molecule has 1 aliphatic heterocycles. The maximum absolute atomic E-state index is 10.7. The average molecular weight is 287 g/mol. The number of carbonyl (C=O) groups is 1. The molecule has 0 amide bonds. The minimum absolute atomic E-state index is 0.0514. The van der Waals surface area contributed by atoms with Crippen LogP contribution in [0.4, 0.5) is 0 Å². The fourth-order valence-corrected chi connectivity index (χ4v) is 2.33. The number of benzene rings is 1. The molecule has 0 unspecified atom stereocenters. The predicted molar refractivity (Wildman–Crippen MR) is 59.6 cm³/mol. The second-order valence-electron chi connectivity index (χ2n) is 3.23. The van der Waals surface area contributed by atoms with E-state index in [9.17, 15) is 4.79 Å². The molecule has 0 aromatic heterocycles. The van der Waals surface area contributed by atoms with E-state index in [0.717, 1.165) is 19.3 Å². The lowest BCUT2D eigenvalue weighted by Crippen LogP contribution is -2.34. The number of nitrogens with zero attached hydrogens (tertiary/aromatic N) is 1. The van der Waals surface area contributed by atoms with E-state index in [2.05, 4.69) is 38.1 Å². The highest BCUT2D eigenvalue weighted by Gasteiger charge is 2.23. The summed E-state index contributed by atoms with van der Waals surface area (Å²) in [7, 11) is 0. The second kappa shape index (κ2) is 3.75. The zero-order chi connectivity index (χ0) is 9.26. The van der Waals surface area contributed by atoms with Crippen LogP contribution in [0.15, 0.2) is 24.3 Å². The number of carbonyl (C=O) groups excluding carboxylic acids is 1. The summed E-state index contributed by atoms with van der Waals surface area (Å²) in [6, 6.07) is 8.36. The molecule has 1 aromatic carbocycles. The summed E-state index contributed by atoms with van der Waals surface area (Å²) in [5.74, 6) is 0. The molecule has 1 heterocycles. The van der Waals surface area contributed by atoms with Gasteiger partial charge in [-0.2, -0.15) is 0 Å². The molecule has 68 valence electrons. The van der Waals surface area contributed by atoms with Gasteiger partial charge >= 0.3 is 0 Å². The molecule has 0 aliphatic carbocycles. The fraction of sp³-hybridized carbons (Fsp3) is 0.300. The van der Waals surface area contributed by atoms with Crippen LogP contribution >= 0.6 is 22.9 Å². The highest BCUT2D eigenvalue weighted by Crippen LogP contribution is 2.24. The third-order valence-electron chi connectivity index (χ3n) is 2.39. The molecule has 0 saturated carbocycles. The van der Waals surface area contributed by atoms with Crippen LogP contribution in [0.5, 0.6) is 0 Å². The molecule has 0 bridgehead atoms. The third-order valence-corrected chi connectivity index (χ3v) is 3.44. The maximum Gasteiger partial charge on any atom is 0.138 e. The van der Waals surface area contributed by atoms with Gasteiger partial charge in [-0.25, -0.2) is 3.11 Å². The van der Waals surface area contributed by atoms with Crippen molar-refractivity contribution in [3.63, 3.8) is 0 Å². The standard InChI is InChI=1S/C10H10INO/c11-12-6-9-4-2-1-3-8(9)5-10(12)7-13/h1-4,7,10H,5-6H2/t10-/m0/s1. The summed E-state index contributed by atoms with van der Waals surface area (Å²) in [5.41, 5.74) is 2.66. The maximum atomic E-state index is 10.7. The SMILES string of the molecule is O=C[C@@H]1Cc2ccccc2CN1I. The Balaban J connectivity index is 2.32. The van der Waals surface area contributed by atoms with Crippen molar-refractivity contribution in [2.75, 3.05) is 0 Å². The van der Waals surface area contributed by atoms with Gasteiger partial charge in [-0.3, -0.25) is 0 Å². The quantitative estimate of drug-likeness (QED) is 0.447. The van der Waals surface area contributed by atoms with Crippen molar-refractivity contribution in [2.45, 2.75) is 19.0 Å². The topological polar surface area (TPSA) is 20.3 Å². The molecule has 1 aromatic rings. The van der Waals surface area contributed by atoms with E-state index >= 15 is 0 Å². The van der Waals surface area contributed by atoms with Gasteiger partial charge in [-0.05, 0) is 17.5 Å². The van der Waals surface area contributed by atoms with Gasteiger partial charge in [0.15, 0.2) is 0 Å². The molecule has 0 saturated heterocycles. The van der Waals surface area contributed by atoms with Gasteiger partial charge in [0.05, 0.1) is 6.04 Å². The van der Waals surface area contributed by atoms with Gasteiger partial charge in [-0.15, -0.1) is 0 Å². The molecule has 2 nitrogen and oxygen atoms in total. The van der Waals surface area contributed by atoms with Crippen LogP contribution in [-0.2, 0) is 17.8 Å². The lowest BCUT2D eigenvalue weighted by Gasteiger charge is -2.28. The molecular weight excluding hydrogens is 277 g/mol. The number of aldehydes is 1. The molecule has 0 fully saturated rings. The monoisotopic (exact) mass is 287 g/mol. The Bertz CT molecular complexity index is 326. The zero-order valence-electron chi connectivity index (χ0n) is 7.11. The number of hydrogen-bond acceptors (Lipinski definition) is 2. The lowest BCUT2D eigenvalue weighted by molar-refractivity contribution is -0.110. The summed E-state index contributed by atoms with van der Waals surface area (Å²) in [6.45, 7) is 0.875. The van der Waals surface area contributed by atoms with Crippen LogP contribution in [0.25, 0.3) is 0 Å². The number of halogens is 1. The average Bonchev–Trinajstić information content (AvgIpc) is 2.17. The van der Waals surface area contributed by atoms with Crippen molar-refractivity contribution in [3.05, 3.63) is 35.4 Å². The predicted octanol–water partition coefficient (Wildman–Crippen LogP) is 1.96. The summed E-state index contributed by atoms with van der Waals surface area (Å²) in [4.78, 5) is 10.7. The van der Waals surface area contributed by atoms with Crippen LogP contribution in [0.3, 0.4) is 0 Å². The first-order valence-corrected chi connectivity index (χ1v) is 5.22. The van der Waals surface area contributed by atoms with E-state index in [1.54, 1.807) is 0 Å². The van der Waals surface area contributed by atoms with E-state index in [4.69, 9.17) is 0 Å². The second-order valence-corrected chi connectivity index (χ2v) is 4.47. The van der Waals surface area contributed by atoms with Crippen LogP contribution in [0.2, 0.25) is 0 Å². The van der Waals surface area contributed by atoms with Crippen molar-refractivity contribution in [3.8, 4) is 0 Å². The Kier molecular flexibility index (Phi) is 2.64. The van der Waals surface area contributed by atoms with Gasteiger partial charge in [0.25, 0.3) is 0 Å². The van der Waals surface area contributed by atoms with E-state index < -0.39 is 0 Å². The van der Waals surface area contributed by atoms with Crippen molar-refractivity contribution >= 4 is 29.2 Å². The first-order valence-electron chi connectivity index (χ1n) is 4.26. The van der Waals surface area contributed by atoms with Crippen LogP contribution in [0.1, 0.15) is 11.1 Å². The Morgan fingerprint density at radius 1 is 1.38 bits per heavy atom. The molecule has 0 N–H and O–H groups in total. The molecule has 1 atom stereocenters. The van der Waals surface area contributed by atoms with Crippen LogP contribution in [0, 0.1) is 0 Å². The van der Waals surface area contributed by atoms with Gasteiger partial charge in [0, 0.05) is 29.4 Å². The molecule has 0 radical (unpaired) electrons. The van der Waals surface area contributed by atoms with Crippen LogP contribution in [-0.4, -0.2) is 15.4 Å². The summed E-state index contributed by atoms with van der Waals surface area (Å²) >= 11 is 2.22. The van der Waals surface area contributed by atoms with E-state index in [-0.39, 0.29) is 6.04 Å². The van der Waals surface area contributed by atoms with E-state index in [1.165, 1.54) is 11.1 Å². The Morgan fingerprint density at radius 3 is 2.77 bits per heavy atom. The van der Waals surface area contributed by atoms with Gasteiger partial charge < -0.3 is 4.79 Å². The first-order chi connectivity index (χ1) is 6.31. The Labute approximate surface area is 91.4 Å². The minimum atomic E-state index is 0.0514. The Morgan fingerprint density at radius 2 is 2.08 bits per heavy atom. The Hall–Kier alpha value is -0.420. The van der Waals surface area contributed by atoms with Crippen molar-refractivity contribution in [2.24, 2.45) is 0 Å². The van der Waals surface area contributed by atoms with E-state index in [1.807, 2.05) is 12.1 Å². The van der Waals surface area contributed by atoms with Crippen LogP contribution < -0.4 is 0 Å². The number of rotatable bonds is 1. The van der Waals surface area contributed by atoms with Gasteiger partial charge in [0.2, 0.25) is 0 Å². The number of hydrogen-bond donors (Lipinski definition) is 0. The molecular formula is C10H10INO. The highest BCUT2D eigenvalue weighted by molar-refractivity contribution is 14.1. The number of fused-ring (bicyclic) bond motifs is 1. The minimum Gasteiger partial charge on any atom is -0.302 e. The van der Waals surface area contributed by atoms with Crippen molar-refractivity contribution < 1.29 is 4.79 Å². The van der Waals surface area contributed by atoms with Gasteiger partial charge in [-0.1, -0.05) is 24.3 Å². The smallest absolute Gasteiger partial charge is 0.138 e. The largest absolute Gasteiger partial charge is 0.302 e. The molecule has 1 aliphatic rings. The normalized spacial score (nSPS) is 22.4. The molecule has 13 heavy (non-hydrogen) atoms. The van der Waals surface area contributed by atoms with E-state index in [0.29, 0.717) is 0 Å². The summed E-state index contributed by atoms with van der Waals surface area (Å²) < 4.78 is 2.06. The van der Waals surface area contributed by atoms with Crippen molar-refractivity contribution in [1.29, 1.82) is 0 Å². The zero-order valence-corrected chi connectivity index (χ0v) is 9.27. The molecule has 3 heteroatoms. The molecule has 0 spiro atoms. The van der Waals surface area contributed by atoms with Crippen molar-refractivity contribution in [1.82, 2.24) is 3.11 Å². The summed E-state index contributed by atoms with van der Waals surface area (Å²) in [5, 5.41) is 0. The van der Waals surface area contributed by atoms with Gasteiger partial charge in [0.1, 0.15) is 6.29 Å². The highest BCUT2D eigenvalue weighted by atomic mass is 127. The fourth-order valence-electron chi connectivity index (χ4n) is 1.63. The summed E-state index contributed by atoms with van der Waals surface area (Å²) in [6.07, 6.45) is 1.88. The first kappa shape index (κ1) is 9.15. The third kappa shape index (κ3) is 1.76. The lowest BCUT2D eigenvalue weighted by atomic mass is 9.97.